The van der Waals surface area contributed by atoms with Crippen molar-refractivity contribution in [1.29, 1.82) is 0 Å². The van der Waals surface area contributed by atoms with Gasteiger partial charge in [-0.15, -0.1) is 4.90 Å². The molecule has 0 atom stereocenters. The van der Waals surface area contributed by atoms with Gasteiger partial charge in [-0.05, 0) is 6.26 Å². The molecular weight excluding hydrogens is 220 g/mol. The Morgan fingerprint density at radius 2 is 1.77 bits per heavy atom. The number of hydrogen-bond donors (Lipinski definition) is 0. The van der Waals surface area contributed by atoms with Crippen LogP contribution in [0.15, 0.2) is 59.5 Å². The summed E-state index contributed by atoms with van der Waals surface area (Å²) in [7, 11) is 0. The van der Waals surface area contributed by atoms with E-state index < -0.39 is 0 Å². The molecule has 0 N–H and O–H groups in total. The molecule has 0 spiro atoms. The fourth-order valence-corrected chi connectivity index (χ4v) is 1.24. The van der Waals surface area contributed by atoms with Gasteiger partial charge < -0.3 is 0 Å². The predicted molar refractivity (Wildman–Crippen MR) is 55.9 cm³/mol. The van der Waals surface area contributed by atoms with Crippen molar-refractivity contribution in [1.82, 2.24) is 0 Å². The Morgan fingerprint density at radius 1 is 1.08 bits per heavy atom. The maximum atomic E-state index is 2.10. The van der Waals surface area contributed by atoms with Crippen LogP contribution in [0.25, 0.3) is 0 Å². The Balaban J connectivity index is 0.000000215. The molecule has 0 unspecified atom stereocenters. The smallest absolute Gasteiger partial charge is 0.214 e. The van der Waals surface area contributed by atoms with E-state index in [0.717, 1.165) is 0 Å². The fraction of sp³-hybridized carbons (Fsp3) is 0.0909. The molecule has 0 aliphatic carbocycles. The summed E-state index contributed by atoms with van der Waals surface area (Å²) >= 11 is 1.78. The molecule has 0 fully saturated rings. The van der Waals surface area contributed by atoms with Gasteiger partial charge in [0.2, 0.25) is 0 Å². The van der Waals surface area contributed by atoms with Crippen LogP contribution < -0.4 is 0 Å². The SMILES string of the molecule is CSc1ccc[cH-]1.[Fe+2].c1cc[cH-]c1. The summed E-state index contributed by atoms with van der Waals surface area (Å²) in [5, 5.41) is 0. The first-order chi connectivity index (χ1) is 5.93. The first-order valence-electron chi connectivity index (χ1n) is 3.86. The van der Waals surface area contributed by atoms with E-state index in [1.165, 1.54) is 4.90 Å². The first kappa shape index (κ1) is 12.6. The third-order valence-electron chi connectivity index (χ3n) is 1.42. The van der Waals surface area contributed by atoms with E-state index in [1.807, 2.05) is 42.5 Å². The van der Waals surface area contributed by atoms with Crippen LogP contribution >= 0.6 is 11.8 Å². The molecule has 0 saturated carbocycles. The van der Waals surface area contributed by atoms with Crippen LogP contribution in [0, 0.1) is 0 Å². The average Bonchev–Trinajstić information content (AvgIpc) is 2.81. The minimum absolute atomic E-state index is 0. The van der Waals surface area contributed by atoms with Gasteiger partial charge >= 0.3 is 17.1 Å². The van der Waals surface area contributed by atoms with Crippen molar-refractivity contribution in [2.45, 2.75) is 4.90 Å². The van der Waals surface area contributed by atoms with Crippen molar-refractivity contribution in [3.05, 3.63) is 54.6 Å². The van der Waals surface area contributed by atoms with Gasteiger partial charge in [0.25, 0.3) is 0 Å². The normalized spacial score (nSPS) is 8.08. The van der Waals surface area contributed by atoms with Gasteiger partial charge in [-0.3, -0.25) is 0 Å². The maximum absolute atomic E-state index is 2.10. The summed E-state index contributed by atoms with van der Waals surface area (Å²) in [6.45, 7) is 0. The summed E-state index contributed by atoms with van der Waals surface area (Å²) in [5.74, 6) is 0. The monoisotopic (exact) mass is 232 g/mol. The fourth-order valence-electron chi connectivity index (χ4n) is 0.813. The van der Waals surface area contributed by atoms with Gasteiger partial charge in [0.05, 0.1) is 0 Å². The third-order valence-corrected chi connectivity index (χ3v) is 2.17. The van der Waals surface area contributed by atoms with Crippen LogP contribution in [0.2, 0.25) is 0 Å². The molecule has 0 aliphatic rings. The first-order valence-corrected chi connectivity index (χ1v) is 5.08. The Labute approximate surface area is 94.6 Å². The molecule has 2 heteroatoms. The zero-order chi connectivity index (χ0) is 8.65. The molecule has 0 amide bonds. The van der Waals surface area contributed by atoms with Crippen LogP contribution in [0.3, 0.4) is 0 Å². The largest absolute Gasteiger partial charge is 2.00 e. The van der Waals surface area contributed by atoms with E-state index in [1.54, 1.807) is 11.8 Å². The van der Waals surface area contributed by atoms with Crippen LogP contribution in [-0.4, -0.2) is 6.26 Å². The Hall–Kier alpha value is -0.431. The minimum atomic E-state index is 0. The van der Waals surface area contributed by atoms with Crippen molar-refractivity contribution in [2.24, 2.45) is 0 Å². The van der Waals surface area contributed by atoms with Crippen molar-refractivity contribution < 1.29 is 17.1 Å². The Kier molecular flexibility index (Phi) is 7.91. The van der Waals surface area contributed by atoms with Crippen molar-refractivity contribution in [3.8, 4) is 0 Å². The van der Waals surface area contributed by atoms with Crippen LogP contribution in [0.1, 0.15) is 0 Å². The van der Waals surface area contributed by atoms with Crippen LogP contribution in [0.4, 0.5) is 0 Å². The molecule has 0 heterocycles. The second-order valence-electron chi connectivity index (χ2n) is 2.29. The molecule has 2 aromatic rings. The Bertz CT molecular complexity index is 241. The number of rotatable bonds is 1. The van der Waals surface area contributed by atoms with Crippen molar-refractivity contribution >= 4 is 11.8 Å². The van der Waals surface area contributed by atoms with E-state index in [9.17, 15) is 0 Å². The van der Waals surface area contributed by atoms with Gasteiger partial charge in [0.15, 0.2) is 0 Å². The molecule has 0 aliphatic heterocycles. The Morgan fingerprint density at radius 3 is 2.00 bits per heavy atom. The van der Waals surface area contributed by atoms with Crippen molar-refractivity contribution in [2.75, 3.05) is 6.26 Å². The second-order valence-corrected chi connectivity index (χ2v) is 3.17. The molecule has 13 heavy (non-hydrogen) atoms. The second kappa shape index (κ2) is 8.18. The summed E-state index contributed by atoms with van der Waals surface area (Å²) in [6, 6.07) is 18.3. The van der Waals surface area contributed by atoms with Gasteiger partial charge in [-0.25, -0.2) is 24.3 Å². The molecule has 70 valence electrons. The van der Waals surface area contributed by atoms with Gasteiger partial charge in [0.1, 0.15) is 0 Å². The van der Waals surface area contributed by atoms with Crippen LogP contribution in [-0.2, 0) is 17.1 Å². The van der Waals surface area contributed by atoms with Gasteiger partial charge in [-0.1, -0.05) is 0 Å². The summed E-state index contributed by atoms with van der Waals surface area (Å²) in [6.07, 6.45) is 2.08. The maximum Gasteiger partial charge on any atom is 2.00 e. The van der Waals surface area contributed by atoms with E-state index in [0.29, 0.717) is 0 Å². The molecule has 2 rings (SSSR count). The molecule has 0 nitrogen and oxygen atoms in total. The van der Waals surface area contributed by atoms with E-state index in [2.05, 4.69) is 18.4 Å². The zero-order valence-electron chi connectivity index (χ0n) is 7.46. The van der Waals surface area contributed by atoms with E-state index in [-0.39, 0.29) is 17.1 Å². The number of thioether (sulfide) groups is 1. The van der Waals surface area contributed by atoms with E-state index in [4.69, 9.17) is 0 Å². The molecule has 0 saturated heterocycles. The number of hydrogen-bond acceptors (Lipinski definition) is 1. The summed E-state index contributed by atoms with van der Waals surface area (Å²) in [4.78, 5) is 1.35. The van der Waals surface area contributed by atoms with Gasteiger partial charge in [-0.2, -0.15) is 42.1 Å². The predicted octanol–water partition coefficient (Wildman–Crippen LogP) is 3.53. The molecule has 0 bridgehead atoms. The quantitative estimate of drug-likeness (QED) is 0.411. The van der Waals surface area contributed by atoms with Crippen molar-refractivity contribution in [3.63, 3.8) is 0 Å². The standard InChI is InChI=1S/C6H7S.C5H5.Fe/c1-7-6-4-2-3-5-6;1-2-4-5-3-1;/h2-5H,1H3;1-5H;/q2*-1;+2. The molecule has 0 radical (unpaired) electrons. The average molecular weight is 232 g/mol. The zero-order valence-corrected chi connectivity index (χ0v) is 9.38. The van der Waals surface area contributed by atoms with E-state index >= 15 is 0 Å². The summed E-state index contributed by atoms with van der Waals surface area (Å²) < 4.78 is 0. The molecular formula is C11H12FeS. The van der Waals surface area contributed by atoms with Gasteiger partial charge in [0, 0.05) is 0 Å². The molecule has 0 aromatic heterocycles. The topological polar surface area (TPSA) is 0 Å². The third kappa shape index (κ3) is 5.75. The summed E-state index contributed by atoms with van der Waals surface area (Å²) in [5.41, 5.74) is 0. The van der Waals surface area contributed by atoms with Crippen LogP contribution in [0.5, 0.6) is 0 Å². The molecule has 2 aromatic carbocycles. The minimum Gasteiger partial charge on any atom is -0.214 e.